The summed E-state index contributed by atoms with van der Waals surface area (Å²) in [4.78, 5) is 13.0. The molecule has 1 aliphatic heterocycles. The summed E-state index contributed by atoms with van der Waals surface area (Å²) in [6.45, 7) is 3.30. The molecule has 0 saturated heterocycles. The second kappa shape index (κ2) is 6.05. The number of nitrogens with one attached hydrogen (secondary N) is 2. The van der Waals surface area contributed by atoms with Gasteiger partial charge in [0, 0.05) is 11.4 Å². The summed E-state index contributed by atoms with van der Waals surface area (Å²) in [6, 6.07) is 7.52. The van der Waals surface area contributed by atoms with Crippen molar-refractivity contribution >= 4 is 17.4 Å². The van der Waals surface area contributed by atoms with Gasteiger partial charge in [0.15, 0.2) is 11.5 Å². The van der Waals surface area contributed by atoms with Crippen LogP contribution in [0.5, 0.6) is 11.5 Å². The molecule has 0 bridgehead atoms. The number of fused-ring (bicyclic) bond motifs is 1. The Kier molecular flexibility index (Phi) is 3.96. The number of carbonyl (C=O) groups is 1. The van der Waals surface area contributed by atoms with Gasteiger partial charge in [-0.2, -0.15) is 0 Å². The first-order valence-electron chi connectivity index (χ1n) is 6.65. The highest BCUT2D eigenvalue weighted by atomic mass is 32.1. The maximum Gasteiger partial charge on any atom is 0.315 e. The third kappa shape index (κ3) is 3.28. The van der Waals surface area contributed by atoms with Crippen LogP contribution in [0.1, 0.15) is 16.0 Å². The molecule has 2 N–H and O–H groups in total. The second-order valence-corrected chi connectivity index (χ2v) is 5.75. The molecule has 5 nitrogen and oxygen atoms in total. The summed E-state index contributed by atoms with van der Waals surface area (Å²) in [7, 11) is 0. The van der Waals surface area contributed by atoms with E-state index in [4.69, 9.17) is 9.47 Å². The van der Waals surface area contributed by atoms with E-state index in [1.807, 2.05) is 36.6 Å². The summed E-state index contributed by atoms with van der Waals surface area (Å²) in [5.41, 5.74) is 2.18. The van der Waals surface area contributed by atoms with Crippen LogP contribution < -0.4 is 20.1 Å². The first-order chi connectivity index (χ1) is 10.2. The molecule has 1 aromatic heterocycles. The molecule has 21 heavy (non-hydrogen) atoms. The number of hydrogen-bond donors (Lipinski definition) is 2. The quantitative estimate of drug-likeness (QED) is 0.913. The van der Waals surface area contributed by atoms with Crippen molar-refractivity contribution in [2.24, 2.45) is 0 Å². The molecule has 110 valence electrons. The van der Waals surface area contributed by atoms with Gasteiger partial charge >= 0.3 is 6.03 Å². The molecule has 0 aliphatic carbocycles. The fourth-order valence-electron chi connectivity index (χ4n) is 2.04. The van der Waals surface area contributed by atoms with E-state index in [1.54, 1.807) is 11.3 Å². The van der Waals surface area contributed by atoms with Crippen LogP contribution in [0.25, 0.3) is 0 Å². The topological polar surface area (TPSA) is 59.6 Å². The Morgan fingerprint density at radius 1 is 1.19 bits per heavy atom. The lowest BCUT2D eigenvalue weighted by Crippen LogP contribution is -2.34. The number of hydrogen-bond acceptors (Lipinski definition) is 4. The van der Waals surface area contributed by atoms with E-state index in [9.17, 15) is 4.79 Å². The van der Waals surface area contributed by atoms with Gasteiger partial charge in [-0.15, -0.1) is 11.3 Å². The highest BCUT2D eigenvalue weighted by Gasteiger charge is 2.13. The van der Waals surface area contributed by atoms with Crippen molar-refractivity contribution in [3.8, 4) is 11.5 Å². The minimum atomic E-state index is -0.180. The van der Waals surface area contributed by atoms with Crippen molar-refractivity contribution in [3.05, 3.63) is 45.6 Å². The predicted molar refractivity (Wildman–Crippen MR) is 80.7 cm³/mol. The number of rotatable bonds is 4. The molecule has 6 heteroatoms. The van der Waals surface area contributed by atoms with Crippen molar-refractivity contribution in [2.75, 3.05) is 6.79 Å². The van der Waals surface area contributed by atoms with E-state index < -0.39 is 0 Å². The number of thiophene rings is 1. The summed E-state index contributed by atoms with van der Waals surface area (Å²) in [5, 5.41) is 7.71. The van der Waals surface area contributed by atoms with Crippen molar-refractivity contribution in [1.82, 2.24) is 10.6 Å². The molecule has 0 unspecified atom stereocenters. The molecule has 2 aromatic rings. The zero-order valence-electron chi connectivity index (χ0n) is 11.6. The number of benzene rings is 1. The molecule has 1 aliphatic rings. The highest BCUT2D eigenvalue weighted by molar-refractivity contribution is 7.10. The predicted octanol–water partition coefficient (Wildman–Crippen LogP) is 2.78. The van der Waals surface area contributed by atoms with E-state index in [-0.39, 0.29) is 12.8 Å². The van der Waals surface area contributed by atoms with Crippen molar-refractivity contribution < 1.29 is 14.3 Å². The lowest BCUT2D eigenvalue weighted by molar-refractivity contribution is 0.174. The normalized spacial score (nSPS) is 12.2. The standard InChI is InChI=1S/C15H16N2O3S/c1-10-4-5-21-14(10)8-17-15(18)16-7-11-2-3-12-13(6-11)20-9-19-12/h2-6H,7-9H2,1H3,(H2,16,17,18). The molecule has 0 radical (unpaired) electrons. The monoisotopic (exact) mass is 304 g/mol. The van der Waals surface area contributed by atoms with Crippen LogP contribution >= 0.6 is 11.3 Å². The zero-order chi connectivity index (χ0) is 14.7. The lowest BCUT2D eigenvalue weighted by Gasteiger charge is -2.08. The Labute approximate surface area is 126 Å². The summed E-state index contributed by atoms with van der Waals surface area (Å²) >= 11 is 1.65. The summed E-state index contributed by atoms with van der Waals surface area (Å²) in [6.07, 6.45) is 0. The number of aryl methyl sites for hydroxylation is 1. The smallest absolute Gasteiger partial charge is 0.315 e. The molecule has 2 heterocycles. The summed E-state index contributed by atoms with van der Waals surface area (Å²) < 4.78 is 10.6. The van der Waals surface area contributed by atoms with E-state index in [2.05, 4.69) is 10.6 Å². The zero-order valence-corrected chi connectivity index (χ0v) is 12.5. The number of ether oxygens (including phenoxy) is 2. The fourth-order valence-corrected chi connectivity index (χ4v) is 2.89. The Balaban J connectivity index is 1.48. The van der Waals surface area contributed by atoms with Crippen LogP contribution in [0.4, 0.5) is 4.79 Å². The van der Waals surface area contributed by atoms with Crippen molar-refractivity contribution in [2.45, 2.75) is 20.0 Å². The first kappa shape index (κ1) is 13.8. The third-order valence-corrected chi connectivity index (χ3v) is 4.29. The lowest BCUT2D eigenvalue weighted by atomic mass is 10.2. The van der Waals surface area contributed by atoms with Gasteiger partial charge in [-0.3, -0.25) is 0 Å². The van der Waals surface area contributed by atoms with Gasteiger partial charge in [0.25, 0.3) is 0 Å². The van der Waals surface area contributed by atoms with Gasteiger partial charge < -0.3 is 20.1 Å². The van der Waals surface area contributed by atoms with E-state index in [0.717, 1.165) is 17.1 Å². The van der Waals surface area contributed by atoms with Crippen LogP contribution in [0.15, 0.2) is 29.6 Å². The first-order valence-corrected chi connectivity index (χ1v) is 7.53. The Hall–Kier alpha value is -2.21. The molecule has 0 fully saturated rings. The van der Waals surface area contributed by atoms with Gasteiger partial charge in [0.1, 0.15) is 0 Å². The van der Waals surface area contributed by atoms with Gasteiger partial charge in [0.05, 0.1) is 6.54 Å². The molecule has 3 rings (SSSR count). The molecule has 0 saturated carbocycles. The molecule has 0 spiro atoms. The summed E-state index contributed by atoms with van der Waals surface area (Å²) in [5.74, 6) is 1.47. The number of urea groups is 1. The van der Waals surface area contributed by atoms with E-state index >= 15 is 0 Å². The Morgan fingerprint density at radius 3 is 2.81 bits per heavy atom. The molecular weight excluding hydrogens is 288 g/mol. The minimum Gasteiger partial charge on any atom is -0.454 e. The molecule has 1 aromatic carbocycles. The van der Waals surface area contributed by atoms with E-state index in [1.165, 1.54) is 10.4 Å². The average Bonchev–Trinajstić information content (AvgIpc) is 3.11. The van der Waals surface area contributed by atoms with Crippen LogP contribution in [-0.2, 0) is 13.1 Å². The van der Waals surface area contributed by atoms with E-state index in [0.29, 0.717) is 13.1 Å². The van der Waals surface area contributed by atoms with Crippen LogP contribution in [-0.4, -0.2) is 12.8 Å². The van der Waals surface area contributed by atoms with Gasteiger partial charge in [-0.1, -0.05) is 6.07 Å². The molecule has 2 amide bonds. The average molecular weight is 304 g/mol. The minimum absolute atomic E-state index is 0.180. The van der Waals surface area contributed by atoms with Gasteiger partial charge in [0.2, 0.25) is 6.79 Å². The maximum atomic E-state index is 11.8. The third-order valence-electron chi connectivity index (χ3n) is 3.27. The fraction of sp³-hybridized carbons (Fsp3) is 0.267. The van der Waals surface area contributed by atoms with Gasteiger partial charge in [-0.25, -0.2) is 4.79 Å². The molecule has 0 atom stereocenters. The van der Waals surface area contributed by atoms with Crippen LogP contribution in [0.2, 0.25) is 0 Å². The van der Waals surface area contributed by atoms with Crippen molar-refractivity contribution in [1.29, 1.82) is 0 Å². The van der Waals surface area contributed by atoms with Crippen LogP contribution in [0.3, 0.4) is 0 Å². The largest absolute Gasteiger partial charge is 0.454 e. The van der Waals surface area contributed by atoms with Gasteiger partial charge in [-0.05, 0) is 41.6 Å². The highest BCUT2D eigenvalue weighted by Crippen LogP contribution is 2.32. The van der Waals surface area contributed by atoms with Crippen molar-refractivity contribution in [3.63, 3.8) is 0 Å². The maximum absolute atomic E-state index is 11.8. The van der Waals surface area contributed by atoms with Crippen LogP contribution in [0, 0.1) is 6.92 Å². The number of amides is 2. The number of carbonyl (C=O) groups excluding carboxylic acids is 1. The second-order valence-electron chi connectivity index (χ2n) is 4.75. The molecular formula is C15H16N2O3S. The SMILES string of the molecule is Cc1ccsc1CNC(=O)NCc1ccc2c(c1)OCO2. The Morgan fingerprint density at radius 2 is 2.00 bits per heavy atom. The Bertz CT molecular complexity index is 654.